The Morgan fingerprint density at radius 1 is 1.24 bits per heavy atom. The van der Waals surface area contributed by atoms with Crippen LogP contribution in [0, 0.1) is 0 Å². The molecule has 0 bridgehead atoms. The van der Waals surface area contributed by atoms with Gasteiger partial charge in [0.1, 0.15) is 11.9 Å². The summed E-state index contributed by atoms with van der Waals surface area (Å²) < 4.78 is 0. The van der Waals surface area contributed by atoms with Crippen LogP contribution in [0.2, 0.25) is 0 Å². The maximum absolute atomic E-state index is 12.0. The van der Waals surface area contributed by atoms with E-state index in [2.05, 4.69) is 10.6 Å². The molecule has 0 saturated carbocycles. The zero-order valence-corrected chi connectivity index (χ0v) is 12.3. The monoisotopic (exact) mass is 310 g/mol. The molecule has 0 aliphatic carbocycles. The van der Waals surface area contributed by atoms with E-state index in [0.717, 1.165) is 0 Å². The Morgan fingerprint density at radius 2 is 1.90 bits per heavy atom. The van der Waals surface area contributed by atoms with Crippen LogP contribution in [0.25, 0.3) is 0 Å². The molecule has 1 atom stereocenters. The zero-order chi connectivity index (χ0) is 15.7. The fourth-order valence-electron chi connectivity index (χ4n) is 1.69. The van der Waals surface area contributed by atoms with Gasteiger partial charge in [-0.25, -0.2) is 0 Å². The van der Waals surface area contributed by atoms with Crippen LogP contribution in [0.15, 0.2) is 41.7 Å². The predicted octanol–water partition coefficient (Wildman–Crippen LogP) is 0.637. The van der Waals surface area contributed by atoms with E-state index >= 15 is 0 Å². The molecular formula is C14H19ClN4O2. The van der Waals surface area contributed by atoms with Gasteiger partial charge in [-0.05, 0) is 25.0 Å². The van der Waals surface area contributed by atoms with Crippen LogP contribution in [0.3, 0.4) is 0 Å². The lowest BCUT2D eigenvalue weighted by Crippen LogP contribution is -2.44. The van der Waals surface area contributed by atoms with Crippen LogP contribution in [-0.2, 0) is 4.79 Å². The van der Waals surface area contributed by atoms with Crippen molar-refractivity contribution in [3.63, 3.8) is 0 Å². The number of nitrogens with two attached hydrogens (primary N) is 2. The first kappa shape index (κ1) is 16.8. The van der Waals surface area contributed by atoms with Gasteiger partial charge in [0.25, 0.3) is 5.91 Å². The van der Waals surface area contributed by atoms with E-state index in [1.165, 1.54) is 5.54 Å². The molecule has 1 aromatic carbocycles. The summed E-state index contributed by atoms with van der Waals surface area (Å²) >= 11 is 5.40. The molecule has 0 aliphatic heterocycles. The number of hydrogen-bond donors (Lipinski definition) is 4. The van der Waals surface area contributed by atoms with Gasteiger partial charge in [-0.2, -0.15) is 0 Å². The highest BCUT2D eigenvalue weighted by molar-refractivity contribution is 6.25. The van der Waals surface area contributed by atoms with Crippen LogP contribution < -0.4 is 22.1 Å². The molecule has 1 rings (SSSR count). The first-order valence-electron chi connectivity index (χ1n) is 6.49. The van der Waals surface area contributed by atoms with E-state index in [4.69, 9.17) is 23.1 Å². The fraction of sp³-hybridized carbons (Fsp3) is 0.286. The van der Waals surface area contributed by atoms with E-state index in [0.29, 0.717) is 30.8 Å². The van der Waals surface area contributed by atoms with E-state index in [-0.39, 0.29) is 5.91 Å². The standard InChI is InChI=1S/C14H19ClN4O2/c15-9-12(16)18-8-4-7-11(13(17)20)19-14(21)10-5-2-1-3-6-10/h1-3,5-6,9,11,18H,4,7-8,16H2,(H2,17,20)(H,19,21)/t11-/m0/s1. The number of hydrogen-bond acceptors (Lipinski definition) is 4. The fourth-order valence-corrected chi connectivity index (χ4v) is 1.77. The minimum atomic E-state index is -0.722. The third-order valence-electron chi connectivity index (χ3n) is 2.80. The van der Waals surface area contributed by atoms with Crippen molar-refractivity contribution in [1.29, 1.82) is 0 Å². The molecular weight excluding hydrogens is 292 g/mol. The molecule has 0 heterocycles. The average molecular weight is 311 g/mol. The normalized spacial score (nSPS) is 12.5. The summed E-state index contributed by atoms with van der Waals surface area (Å²) in [6.07, 6.45) is 1.02. The summed E-state index contributed by atoms with van der Waals surface area (Å²) in [7, 11) is 0. The Balaban J connectivity index is 2.47. The summed E-state index contributed by atoms with van der Waals surface area (Å²) in [6, 6.07) is 7.92. The average Bonchev–Trinajstić information content (AvgIpc) is 2.50. The van der Waals surface area contributed by atoms with E-state index < -0.39 is 11.9 Å². The number of rotatable bonds is 8. The highest BCUT2D eigenvalue weighted by Crippen LogP contribution is 2.02. The van der Waals surface area contributed by atoms with Gasteiger partial charge in [0.05, 0.1) is 0 Å². The van der Waals surface area contributed by atoms with E-state index in [1.807, 2.05) is 6.07 Å². The summed E-state index contributed by atoms with van der Waals surface area (Å²) in [6.45, 7) is 0.528. The Hall–Kier alpha value is -2.21. The second-order valence-electron chi connectivity index (χ2n) is 4.43. The Kier molecular flexibility index (Phi) is 7.11. The molecule has 0 aliphatic rings. The SMILES string of the molecule is NC(=O)[C@H](CCCNC(N)=CCl)NC(=O)c1ccccc1. The van der Waals surface area contributed by atoms with Crippen molar-refractivity contribution in [2.45, 2.75) is 18.9 Å². The van der Waals surface area contributed by atoms with Gasteiger partial charge in [-0.15, -0.1) is 0 Å². The number of primary amides is 1. The largest absolute Gasteiger partial charge is 0.385 e. The van der Waals surface area contributed by atoms with Gasteiger partial charge < -0.3 is 22.1 Å². The van der Waals surface area contributed by atoms with Crippen LogP contribution in [0.4, 0.5) is 0 Å². The van der Waals surface area contributed by atoms with Crippen molar-refractivity contribution >= 4 is 23.4 Å². The third-order valence-corrected chi connectivity index (χ3v) is 3.04. The van der Waals surface area contributed by atoms with Crippen molar-refractivity contribution in [3.05, 3.63) is 47.3 Å². The molecule has 0 saturated heterocycles. The molecule has 6 nitrogen and oxygen atoms in total. The van der Waals surface area contributed by atoms with Gasteiger partial charge in [0, 0.05) is 17.6 Å². The van der Waals surface area contributed by atoms with Crippen molar-refractivity contribution in [2.75, 3.05) is 6.54 Å². The van der Waals surface area contributed by atoms with Gasteiger partial charge in [-0.1, -0.05) is 29.8 Å². The Bertz CT molecular complexity index is 505. The van der Waals surface area contributed by atoms with Gasteiger partial charge in [-0.3, -0.25) is 9.59 Å². The topological polar surface area (TPSA) is 110 Å². The van der Waals surface area contributed by atoms with Crippen molar-refractivity contribution in [1.82, 2.24) is 10.6 Å². The lowest BCUT2D eigenvalue weighted by atomic mass is 10.1. The number of carbonyl (C=O) groups is 2. The predicted molar refractivity (Wildman–Crippen MR) is 82.3 cm³/mol. The quantitative estimate of drug-likeness (QED) is 0.528. The second kappa shape index (κ2) is 8.86. The first-order chi connectivity index (χ1) is 10.0. The second-order valence-corrected chi connectivity index (χ2v) is 4.65. The molecule has 0 aromatic heterocycles. The minimum absolute atomic E-state index is 0.326. The number of amides is 2. The summed E-state index contributed by atoms with van der Waals surface area (Å²) in [5.74, 6) is -0.548. The highest BCUT2D eigenvalue weighted by atomic mass is 35.5. The lowest BCUT2D eigenvalue weighted by molar-refractivity contribution is -0.120. The van der Waals surface area contributed by atoms with Crippen LogP contribution >= 0.6 is 11.6 Å². The highest BCUT2D eigenvalue weighted by Gasteiger charge is 2.18. The smallest absolute Gasteiger partial charge is 0.251 e. The minimum Gasteiger partial charge on any atom is -0.385 e. The maximum Gasteiger partial charge on any atom is 0.251 e. The van der Waals surface area contributed by atoms with Crippen molar-refractivity contribution in [2.24, 2.45) is 11.5 Å². The molecule has 0 radical (unpaired) electrons. The molecule has 21 heavy (non-hydrogen) atoms. The molecule has 0 fully saturated rings. The lowest BCUT2D eigenvalue weighted by Gasteiger charge is -2.15. The van der Waals surface area contributed by atoms with E-state index in [1.54, 1.807) is 24.3 Å². The maximum atomic E-state index is 12.0. The van der Waals surface area contributed by atoms with Crippen molar-refractivity contribution in [3.8, 4) is 0 Å². The first-order valence-corrected chi connectivity index (χ1v) is 6.93. The Labute approximate surface area is 128 Å². The molecule has 6 N–H and O–H groups in total. The number of benzene rings is 1. The molecule has 7 heteroatoms. The molecule has 0 spiro atoms. The van der Waals surface area contributed by atoms with Crippen LogP contribution in [0.5, 0.6) is 0 Å². The number of halogens is 1. The van der Waals surface area contributed by atoms with Gasteiger partial charge in [0.2, 0.25) is 5.91 Å². The number of carbonyl (C=O) groups excluding carboxylic acids is 2. The van der Waals surface area contributed by atoms with Gasteiger partial charge in [0.15, 0.2) is 0 Å². The molecule has 0 unspecified atom stereocenters. The molecule has 114 valence electrons. The molecule has 2 amide bonds. The van der Waals surface area contributed by atoms with E-state index in [9.17, 15) is 9.59 Å². The van der Waals surface area contributed by atoms with Crippen LogP contribution in [-0.4, -0.2) is 24.4 Å². The van der Waals surface area contributed by atoms with Gasteiger partial charge >= 0.3 is 0 Å². The summed E-state index contributed by atoms with van der Waals surface area (Å²) in [5.41, 5.74) is 12.5. The third kappa shape index (κ3) is 6.18. The van der Waals surface area contributed by atoms with Crippen LogP contribution in [0.1, 0.15) is 23.2 Å². The summed E-state index contributed by atoms with van der Waals surface area (Å²) in [4.78, 5) is 23.3. The number of nitrogens with one attached hydrogen (secondary N) is 2. The molecule has 1 aromatic rings. The van der Waals surface area contributed by atoms with Crippen molar-refractivity contribution < 1.29 is 9.59 Å². The summed E-state index contributed by atoms with van der Waals surface area (Å²) in [5, 5.41) is 5.48. The Morgan fingerprint density at radius 3 is 2.48 bits per heavy atom. The zero-order valence-electron chi connectivity index (χ0n) is 11.5.